The van der Waals surface area contributed by atoms with Crippen molar-refractivity contribution in [3.8, 4) is 0 Å². The van der Waals surface area contributed by atoms with Gasteiger partial charge in [-0.1, -0.05) is 13.8 Å². The lowest BCUT2D eigenvalue weighted by Gasteiger charge is -2.25. The highest BCUT2D eigenvalue weighted by molar-refractivity contribution is 4.84. The van der Waals surface area contributed by atoms with E-state index in [1.165, 1.54) is 0 Å². The predicted molar refractivity (Wildman–Crippen MR) is 49.5 cm³/mol. The summed E-state index contributed by atoms with van der Waals surface area (Å²) in [5, 5.41) is 21.7. The third-order valence-corrected chi connectivity index (χ3v) is 2.48. The largest absolute Gasteiger partial charge is 0.395 e. The van der Waals surface area contributed by atoms with Crippen molar-refractivity contribution in [1.82, 2.24) is 5.32 Å². The van der Waals surface area contributed by atoms with E-state index in [4.69, 9.17) is 9.84 Å². The molecule has 13 heavy (non-hydrogen) atoms. The van der Waals surface area contributed by atoms with Crippen LogP contribution in [0.25, 0.3) is 0 Å². The van der Waals surface area contributed by atoms with Gasteiger partial charge in [0.05, 0.1) is 32.0 Å². The predicted octanol–water partition coefficient (Wildman–Crippen LogP) is -0.647. The average Bonchev–Trinajstić information content (AvgIpc) is 2.46. The number of rotatable bonds is 4. The molecule has 1 saturated heterocycles. The van der Waals surface area contributed by atoms with Gasteiger partial charge in [-0.25, -0.2) is 0 Å². The van der Waals surface area contributed by atoms with E-state index < -0.39 is 6.10 Å². The smallest absolute Gasteiger partial charge is 0.0948 e. The summed E-state index contributed by atoms with van der Waals surface area (Å²) in [6.07, 6.45) is -0.437. The first kappa shape index (κ1) is 10.9. The summed E-state index contributed by atoms with van der Waals surface area (Å²) in [5.41, 5.74) is 0. The van der Waals surface area contributed by atoms with Crippen molar-refractivity contribution in [2.45, 2.75) is 32.0 Å². The highest BCUT2D eigenvalue weighted by Crippen LogP contribution is 2.09. The van der Waals surface area contributed by atoms with Gasteiger partial charge >= 0.3 is 0 Å². The molecule has 1 aliphatic heterocycles. The summed E-state index contributed by atoms with van der Waals surface area (Å²) in [6, 6.07) is 0.0147. The standard InChI is InChI=1S/C9H19NO3/c1-6(2)7(3-11)10-8-4-13-5-9(8)12/h6-12H,3-5H2,1-2H3. The molecule has 1 aliphatic rings. The summed E-state index contributed by atoms with van der Waals surface area (Å²) in [5.74, 6) is 0.359. The van der Waals surface area contributed by atoms with Crippen molar-refractivity contribution in [2.24, 2.45) is 5.92 Å². The van der Waals surface area contributed by atoms with Crippen LogP contribution >= 0.6 is 0 Å². The molecule has 1 heterocycles. The Kier molecular flexibility index (Phi) is 4.12. The molecule has 0 saturated carbocycles. The molecule has 0 spiro atoms. The zero-order valence-electron chi connectivity index (χ0n) is 8.23. The fourth-order valence-electron chi connectivity index (χ4n) is 1.43. The third kappa shape index (κ3) is 2.91. The van der Waals surface area contributed by atoms with Gasteiger partial charge < -0.3 is 20.3 Å². The lowest BCUT2D eigenvalue weighted by atomic mass is 10.0. The Balaban J connectivity index is 2.36. The number of nitrogens with one attached hydrogen (secondary N) is 1. The molecule has 0 aromatic rings. The molecule has 1 fully saturated rings. The van der Waals surface area contributed by atoms with Crippen molar-refractivity contribution in [1.29, 1.82) is 0 Å². The molecule has 0 amide bonds. The number of aliphatic hydroxyl groups excluding tert-OH is 2. The molecule has 3 unspecified atom stereocenters. The summed E-state index contributed by atoms with van der Waals surface area (Å²) >= 11 is 0. The Labute approximate surface area is 78.9 Å². The van der Waals surface area contributed by atoms with E-state index in [0.29, 0.717) is 19.1 Å². The highest BCUT2D eigenvalue weighted by Gasteiger charge is 2.28. The van der Waals surface area contributed by atoms with E-state index in [1.807, 2.05) is 13.8 Å². The lowest BCUT2D eigenvalue weighted by Crippen LogP contribution is -2.48. The van der Waals surface area contributed by atoms with Gasteiger partial charge in [-0.15, -0.1) is 0 Å². The van der Waals surface area contributed by atoms with Crippen LogP contribution in [0.2, 0.25) is 0 Å². The van der Waals surface area contributed by atoms with E-state index in [2.05, 4.69) is 5.32 Å². The van der Waals surface area contributed by atoms with Crippen LogP contribution in [-0.4, -0.2) is 48.2 Å². The monoisotopic (exact) mass is 189 g/mol. The second-order valence-electron chi connectivity index (χ2n) is 3.91. The Morgan fingerprint density at radius 2 is 2.15 bits per heavy atom. The van der Waals surface area contributed by atoms with Crippen molar-refractivity contribution in [3.63, 3.8) is 0 Å². The molecule has 0 aromatic carbocycles. The van der Waals surface area contributed by atoms with Crippen LogP contribution in [0.5, 0.6) is 0 Å². The van der Waals surface area contributed by atoms with Crippen LogP contribution in [0.4, 0.5) is 0 Å². The number of aliphatic hydroxyl groups is 2. The van der Waals surface area contributed by atoms with E-state index >= 15 is 0 Å². The summed E-state index contributed by atoms with van der Waals surface area (Å²) in [4.78, 5) is 0. The van der Waals surface area contributed by atoms with Gasteiger partial charge in [0.2, 0.25) is 0 Å². The molecular formula is C9H19NO3. The van der Waals surface area contributed by atoms with Crippen LogP contribution < -0.4 is 5.32 Å². The van der Waals surface area contributed by atoms with Crippen molar-refractivity contribution in [3.05, 3.63) is 0 Å². The minimum atomic E-state index is -0.437. The summed E-state index contributed by atoms with van der Waals surface area (Å²) < 4.78 is 5.10. The number of hydrogen-bond acceptors (Lipinski definition) is 4. The Bertz CT molecular complexity index is 152. The van der Waals surface area contributed by atoms with E-state index in [-0.39, 0.29) is 18.7 Å². The van der Waals surface area contributed by atoms with Crippen LogP contribution in [-0.2, 0) is 4.74 Å². The molecule has 1 rings (SSSR count). The normalized spacial score (nSPS) is 31.2. The maximum absolute atomic E-state index is 9.45. The molecule has 0 aliphatic carbocycles. The van der Waals surface area contributed by atoms with Gasteiger partial charge in [0.1, 0.15) is 0 Å². The maximum atomic E-state index is 9.45. The van der Waals surface area contributed by atoms with E-state index in [1.54, 1.807) is 0 Å². The minimum Gasteiger partial charge on any atom is -0.395 e. The Hall–Kier alpha value is -0.160. The van der Waals surface area contributed by atoms with Gasteiger partial charge in [0, 0.05) is 6.04 Å². The van der Waals surface area contributed by atoms with Crippen LogP contribution in [0, 0.1) is 5.92 Å². The number of ether oxygens (including phenoxy) is 1. The fourth-order valence-corrected chi connectivity index (χ4v) is 1.43. The molecule has 4 heteroatoms. The average molecular weight is 189 g/mol. The van der Waals surface area contributed by atoms with Crippen molar-refractivity contribution in [2.75, 3.05) is 19.8 Å². The van der Waals surface area contributed by atoms with E-state index in [0.717, 1.165) is 0 Å². The van der Waals surface area contributed by atoms with Crippen LogP contribution in [0.3, 0.4) is 0 Å². The summed E-state index contributed by atoms with van der Waals surface area (Å²) in [6.45, 7) is 5.10. The molecule has 3 N–H and O–H groups in total. The molecular weight excluding hydrogens is 170 g/mol. The zero-order valence-corrected chi connectivity index (χ0v) is 8.23. The fraction of sp³-hybridized carbons (Fsp3) is 1.00. The molecule has 0 bridgehead atoms. The summed E-state index contributed by atoms with van der Waals surface area (Å²) in [7, 11) is 0. The van der Waals surface area contributed by atoms with Gasteiger partial charge in [0.15, 0.2) is 0 Å². The van der Waals surface area contributed by atoms with Gasteiger partial charge in [-0.2, -0.15) is 0 Å². The second-order valence-corrected chi connectivity index (χ2v) is 3.91. The molecule has 0 aromatic heterocycles. The van der Waals surface area contributed by atoms with Crippen molar-refractivity contribution < 1.29 is 14.9 Å². The lowest BCUT2D eigenvalue weighted by molar-refractivity contribution is 0.116. The Morgan fingerprint density at radius 1 is 1.46 bits per heavy atom. The first-order valence-corrected chi connectivity index (χ1v) is 4.78. The molecule has 0 radical (unpaired) electrons. The minimum absolute atomic E-state index is 0.0282. The zero-order chi connectivity index (χ0) is 9.84. The van der Waals surface area contributed by atoms with Gasteiger partial charge in [-0.3, -0.25) is 0 Å². The van der Waals surface area contributed by atoms with E-state index in [9.17, 15) is 5.11 Å². The van der Waals surface area contributed by atoms with Gasteiger partial charge in [0.25, 0.3) is 0 Å². The van der Waals surface area contributed by atoms with Gasteiger partial charge in [-0.05, 0) is 5.92 Å². The molecule has 4 nitrogen and oxygen atoms in total. The second kappa shape index (κ2) is 4.91. The molecule has 78 valence electrons. The quantitative estimate of drug-likeness (QED) is 0.550. The van der Waals surface area contributed by atoms with Crippen LogP contribution in [0.15, 0.2) is 0 Å². The third-order valence-electron chi connectivity index (χ3n) is 2.48. The SMILES string of the molecule is CC(C)C(CO)NC1COCC1O. The van der Waals surface area contributed by atoms with Crippen LogP contribution in [0.1, 0.15) is 13.8 Å². The highest BCUT2D eigenvalue weighted by atomic mass is 16.5. The topological polar surface area (TPSA) is 61.7 Å². The molecule has 3 atom stereocenters. The Morgan fingerprint density at radius 3 is 2.54 bits per heavy atom. The van der Waals surface area contributed by atoms with Crippen molar-refractivity contribution >= 4 is 0 Å². The first-order chi connectivity index (χ1) is 6.15. The number of hydrogen-bond donors (Lipinski definition) is 3. The first-order valence-electron chi connectivity index (χ1n) is 4.78. The maximum Gasteiger partial charge on any atom is 0.0948 e.